The third-order valence-corrected chi connectivity index (χ3v) is 2.37. The lowest BCUT2D eigenvalue weighted by atomic mass is 10.1. The average Bonchev–Trinajstić information content (AvgIpc) is 2.27. The fourth-order valence-electron chi connectivity index (χ4n) is 1.43. The Bertz CT molecular complexity index is 344. The second-order valence-electron chi connectivity index (χ2n) is 3.94. The molecule has 102 valence electrons. The monoisotopic (exact) mass is 267 g/mol. The van der Waals surface area contributed by atoms with Gasteiger partial charge in [-0.05, 0) is 18.5 Å². The fraction of sp³-hybridized carbons (Fsp3) is 0.500. The average molecular weight is 267 g/mol. The van der Waals surface area contributed by atoms with Crippen LogP contribution in [0.2, 0.25) is 0 Å². The molecule has 0 aliphatic heterocycles. The first kappa shape index (κ1) is 14.9. The summed E-state index contributed by atoms with van der Waals surface area (Å²) in [5.74, 6) is 0. The molecular weight excluding hydrogens is 253 g/mol. The van der Waals surface area contributed by atoms with E-state index >= 15 is 0 Å². The first-order chi connectivity index (χ1) is 8.38. The van der Waals surface area contributed by atoms with E-state index < -0.39 is 19.0 Å². The molecule has 0 radical (unpaired) electrons. The molecule has 1 aromatic carbocycles. The van der Waals surface area contributed by atoms with Crippen molar-refractivity contribution >= 4 is 0 Å². The van der Waals surface area contributed by atoms with Gasteiger partial charge in [0.05, 0.1) is 0 Å². The van der Waals surface area contributed by atoms with E-state index in [2.05, 4.69) is 5.32 Å². The Morgan fingerprint density at radius 3 is 2.17 bits per heavy atom. The van der Waals surface area contributed by atoms with Crippen molar-refractivity contribution in [1.29, 1.82) is 0 Å². The van der Waals surface area contributed by atoms with Crippen molar-refractivity contribution in [3.05, 3.63) is 35.4 Å². The van der Waals surface area contributed by atoms with Gasteiger partial charge in [-0.15, -0.1) is 0 Å². The van der Waals surface area contributed by atoms with Crippen LogP contribution in [0.1, 0.15) is 30.4 Å². The Hall–Kier alpha value is -1.17. The van der Waals surface area contributed by atoms with Gasteiger partial charge in [-0.25, -0.2) is 8.78 Å². The van der Waals surface area contributed by atoms with Gasteiger partial charge in [0.25, 0.3) is 6.43 Å². The van der Waals surface area contributed by atoms with E-state index in [9.17, 15) is 22.0 Å². The van der Waals surface area contributed by atoms with Gasteiger partial charge in [-0.3, -0.25) is 0 Å². The Kier molecular flexibility index (Phi) is 5.53. The number of alkyl halides is 5. The molecule has 0 spiro atoms. The molecule has 1 N–H and O–H groups in total. The zero-order chi connectivity index (χ0) is 13.6. The standard InChI is InChI=1S/C12H14F5N/c13-11(14)10-4-2-9(3-5-10)8-18-7-1-6-12(15,16)17/h2-5,11,18H,1,6-8H2. The van der Waals surface area contributed by atoms with Gasteiger partial charge in [0.2, 0.25) is 0 Å². The molecule has 0 unspecified atom stereocenters. The molecule has 0 saturated carbocycles. The van der Waals surface area contributed by atoms with Crippen molar-refractivity contribution in [3.63, 3.8) is 0 Å². The third-order valence-electron chi connectivity index (χ3n) is 2.37. The minimum absolute atomic E-state index is 0.0125. The molecule has 0 bridgehead atoms. The number of nitrogens with one attached hydrogen (secondary N) is 1. The molecule has 0 saturated heterocycles. The highest BCUT2D eigenvalue weighted by Crippen LogP contribution is 2.21. The first-order valence-electron chi connectivity index (χ1n) is 5.53. The van der Waals surface area contributed by atoms with Gasteiger partial charge in [-0.1, -0.05) is 24.3 Å². The zero-order valence-electron chi connectivity index (χ0n) is 9.61. The maximum atomic E-state index is 12.2. The van der Waals surface area contributed by atoms with E-state index in [0.717, 1.165) is 5.56 Å². The SMILES string of the molecule is FC(F)c1ccc(CNCCCC(F)(F)F)cc1. The molecule has 0 fully saturated rings. The minimum atomic E-state index is -4.12. The molecule has 18 heavy (non-hydrogen) atoms. The van der Waals surface area contributed by atoms with Gasteiger partial charge < -0.3 is 5.32 Å². The van der Waals surface area contributed by atoms with Crippen molar-refractivity contribution in [3.8, 4) is 0 Å². The number of hydrogen-bond donors (Lipinski definition) is 1. The van der Waals surface area contributed by atoms with E-state index in [1.54, 1.807) is 0 Å². The Balaban J connectivity index is 2.23. The summed E-state index contributed by atoms with van der Waals surface area (Å²) >= 11 is 0. The van der Waals surface area contributed by atoms with Gasteiger partial charge in [-0.2, -0.15) is 13.2 Å². The van der Waals surface area contributed by atoms with Crippen molar-refractivity contribution in [2.75, 3.05) is 6.54 Å². The van der Waals surface area contributed by atoms with Crippen molar-refractivity contribution in [2.24, 2.45) is 0 Å². The van der Waals surface area contributed by atoms with Crippen LogP contribution in [0.4, 0.5) is 22.0 Å². The normalized spacial score (nSPS) is 12.1. The summed E-state index contributed by atoms with van der Waals surface area (Å²) in [6, 6.07) is 5.71. The van der Waals surface area contributed by atoms with E-state index in [-0.39, 0.29) is 18.5 Å². The molecule has 1 nitrogen and oxygen atoms in total. The van der Waals surface area contributed by atoms with Crippen molar-refractivity contribution in [1.82, 2.24) is 5.32 Å². The van der Waals surface area contributed by atoms with Crippen LogP contribution in [-0.4, -0.2) is 12.7 Å². The minimum Gasteiger partial charge on any atom is -0.313 e. The molecular formula is C12H14F5N. The highest BCUT2D eigenvalue weighted by atomic mass is 19.4. The molecule has 0 atom stereocenters. The van der Waals surface area contributed by atoms with Gasteiger partial charge in [0.15, 0.2) is 0 Å². The molecule has 0 amide bonds. The van der Waals surface area contributed by atoms with Gasteiger partial charge in [0, 0.05) is 18.5 Å². The molecule has 1 rings (SSSR count). The third kappa shape index (κ3) is 5.95. The van der Waals surface area contributed by atoms with E-state index in [4.69, 9.17) is 0 Å². The highest BCUT2D eigenvalue weighted by molar-refractivity contribution is 5.23. The van der Waals surface area contributed by atoms with Gasteiger partial charge >= 0.3 is 6.18 Å². The molecule has 0 aliphatic carbocycles. The summed E-state index contributed by atoms with van der Waals surface area (Å²) in [4.78, 5) is 0. The second-order valence-corrected chi connectivity index (χ2v) is 3.94. The largest absolute Gasteiger partial charge is 0.389 e. The van der Waals surface area contributed by atoms with Crippen LogP contribution in [0.25, 0.3) is 0 Å². The Morgan fingerprint density at radius 2 is 1.67 bits per heavy atom. The van der Waals surface area contributed by atoms with Crippen LogP contribution < -0.4 is 5.32 Å². The van der Waals surface area contributed by atoms with Gasteiger partial charge in [0.1, 0.15) is 0 Å². The maximum absolute atomic E-state index is 12.2. The zero-order valence-corrected chi connectivity index (χ0v) is 9.61. The van der Waals surface area contributed by atoms with E-state index in [1.807, 2.05) is 0 Å². The smallest absolute Gasteiger partial charge is 0.313 e. The molecule has 0 heterocycles. The predicted molar refractivity (Wildman–Crippen MR) is 58.4 cm³/mol. The Morgan fingerprint density at radius 1 is 1.06 bits per heavy atom. The summed E-state index contributed by atoms with van der Waals surface area (Å²) in [6.45, 7) is 0.623. The molecule has 0 aromatic heterocycles. The van der Waals surface area contributed by atoms with Crippen LogP contribution in [0.3, 0.4) is 0 Å². The summed E-state index contributed by atoms with van der Waals surface area (Å²) in [6.07, 6.45) is -7.43. The van der Waals surface area contributed by atoms with Crippen LogP contribution in [0.5, 0.6) is 0 Å². The maximum Gasteiger partial charge on any atom is 0.389 e. The number of benzene rings is 1. The summed E-state index contributed by atoms with van der Waals surface area (Å²) in [7, 11) is 0. The van der Waals surface area contributed by atoms with E-state index in [0.29, 0.717) is 6.54 Å². The van der Waals surface area contributed by atoms with Crippen LogP contribution in [0, 0.1) is 0 Å². The van der Waals surface area contributed by atoms with Crippen LogP contribution in [0.15, 0.2) is 24.3 Å². The lowest BCUT2D eigenvalue weighted by Gasteiger charge is -2.08. The van der Waals surface area contributed by atoms with E-state index in [1.165, 1.54) is 24.3 Å². The number of rotatable bonds is 6. The summed E-state index contributed by atoms with van der Waals surface area (Å²) < 4.78 is 60.0. The summed E-state index contributed by atoms with van der Waals surface area (Å²) in [5.41, 5.74) is 0.710. The molecule has 6 heteroatoms. The lowest BCUT2D eigenvalue weighted by molar-refractivity contribution is -0.135. The number of hydrogen-bond acceptors (Lipinski definition) is 1. The predicted octanol–water partition coefficient (Wildman–Crippen LogP) is 4.06. The fourth-order valence-corrected chi connectivity index (χ4v) is 1.43. The van der Waals surface area contributed by atoms with Crippen LogP contribution >= 0.6 is 0 Å². The van der Waals surface area contributed by atoms with Crippen LogP contribution in [-0.2, 0) is 6.54 Å². The lowest BCUT2D eigenvalue weighted by Crippen LogP contribution is -2.17. The van der Waals surface area contributed by atoms with Crippen molar-refractivity contribution < 1.29 is 22.0 Å². The van der Waals surface area contributed by atoms with Crippen molar-refractivity contribution in [2.45, 2.75) is 32.0 Å². The number of halogens is 5. The quantitative estimate of drug-likeness (QED) is 0.605. The molecule has 1 aromatic rings. The highest BCUT2D eigenvalue weighted by Gasteiger charge is 2.25. The Labute approximate surface area is 102 Å². The topological polar surface area (TPSA) is 12.0 Å². The summed E-state index contributed by atoms with van der Waals surface area (Å²) in [5, 5.41) is 2.84. The molecule has 0 aliphatic rings. The first-order valence-corrected chi connectivity index (χ1v) is 5.53. The second kappa shape index (κ2) is 6.68.